The van der Waals surface area contributed by atoms with Crippen LogP contribution in [0.15, 0.2) is 54.2 Å². The number of aromatic nitrogens is 4. The van der Waals surface area contributed by atoms with E-state index in [2.05, 4.69) is 30.6 Å². The van der Waals surface area contributed by atoms with E-state index in [1.165, 1.54) is 22.7 Å². The Balaban J connectivity index is 1.49. The first-order valence-electron chi connectivity index (χ1n) is 8.02. The summed E-state index contributed by atoms with van der Waals surface area (Å²) < 4.78 is 0. The SMILES string of the molecule is CNc1nccc(-c2ccc(C(=O)Nc3nc(-c4ccccn4)cs3)s2)n1. The summed E-state index contributed by atoms with van der Waals surface area (Å²) in [5.74, 6) is 0.341. The number of pyridine rings is 1. The van der Waals surface area contributed by atoms with Crippen LogP contribution in [0.1, 0.15) is 9.67 Å². The first-order valence-corrected chi connectivity index (χ1v) is 9.72. The zero-order valence-electron chi connectivity index (χ0n) is 14.2. The van der Waals surface area contributed by atoms with Gasteiger partial charge in [-0.1, -0.05) is 6.07 Å². The molecule has 0 aliphatic heterocycles. The molecule has 9 heteroatoms. The van der Waals surface area contributed by atoms with Crippen molar-refractivity contribution >= 4 is 39.7 Å². The molecule has 0 atom stereocenters. The third kappa shape index (κ3) is 3.83. The molecule has 7 nitrogen and oxygen atoms in total. The van der Waals surface area contributed by atoms with Gasteiger partial charge in [0.2, 0.25) is 5.95 Å². The Morgan fingerprint density at radius 2 is 1.89 bits per heavy atom. The second-order valence-electron chi connectivity index (χ2n) is 5.39. The summed E-state index contributed by atoms with van der Waals surface area (Å²) in [6.45, 7) is 0. The minimum absolute atomic E-state index is 0.198. The van der Waals surface area contributed by atoms with Crippen LogP contribution in [0.2, 0.25) is 0 Å². The van der Waals surface area contributed by atoms with Crippen molar-refractivity contribution in [2.24, 2.45) is 0 Å². The van der Waals surface area contributed by atoms with Crippen LogP contribution in [-0.2, 0) is 0 Å². The average Bonchev–Trinajstić information content (AvgIpc) is 3.39. The maximum atomic E-state index is 12.5. The Bertz CT molecular complexity index is 1080. The molecule has 0 saturated heterocycles. The molecule has 4 aromatic heterocycles. The predicted molar refractivity (Wildman–Crippen MR) is 108 cm³/mol. The van der Waals surface area contributed by atoms with Crippen LogP contribution in [0.25, 0.3) is 22.0 Å². The summed E-state index contributed by atoms with van der Waals surface area (Å²) in [6.07, 6.45) is 3.40. The molecule has 4 rings (SSSR count). The minimum atomic E-state index is -0.198. The van der Waals surface area contributed by atoms with Gasteiger partial charge in [0.25, 0.3) is 5.91 Å². The number of thiophene rings is 1. The number of rotatable bonds is 5. The average molecular weight is 394 g/mol. The van der Waals surface area contributed by atoms with Gasteiger partial charge in [0, 0.05) is 24.8 Å². The number of amides is 1. The summed E-state index contributed by atoms with van der Waals surface area (Å²) in [6, 6.07) is 11.1. The summed E-state index contributed by atoms with van der Waals surface area (Å²) in [7, 11) is 1.76. The molecule has 0 aromatic carbocycles. The molecule has 4 heterocycles. The van der Waals surface area contributed by atoms with Gasteiger partial charge in [-0.3, -0.25) is 15.1 Å². The number of hydrogen-bond donors (Lipinski definition) is 2. The predicted octanol–water partition coefficient (Wildman–Crippen LogP) is 4.02. The Hall–Kier alpha value is -3.17. The summed E-state index contributed by atoms with van der Waals surface area (Å²) in [5.41, 5.74) is 2.28. The zero-order chi connectivity index (χ0) is 18.6. The zero-order valence-corrected chi connectivity index (χ0v) is 15.8. The van der Waals surface area contributed by atoms with Gasteiger partial charge in [-0.25, -0.2) is 15.0 Å². The van der Waals surface area contributed by atoms with Crippen molar-refractivity contribution < 1.29 is 4.79 Å². The quantitative estimate of drug-likeness (QED) is 0.531. The smallest absolute Gasteiger partial charge is 0.267 e. The second-order valence-corrected chi connectivity index (χ2v) is 7.33. The molecule has 0 radical (unpaired) electrons. The fraction of sp³-hybridized carbons (Fsp3) is 0.0556. The van der Waals surface area contributed by atoms with Crippen LogP contribution < -0.4 is 10.6 Å². The highest BCUT2D eigenvalue weighted by Crippen LogP contribution is 2.28. The van der Waals surface area contributed by atoms with Gasteiger partial charge < -0.3 is 5.32 Å². The van der Waals surface area contributed by atoms with Crippen molar-refractivity contribution in [3.8, 4) is 22.0 Å². The van der Waals surface area contributed by atoms with E-state index in [4.69, 9.17) is 0 Å². The van der Waals surface area contributed by atoms with Crippen LogP contribution in [0.4, 0.5) is 11.1 Å². The van der Waals surface area contributed by atoms with Crippen molar-refractivity contribution in [1.29, 1.82) is 0 Å². The van der Waals surface area contributed by atoms with E-state index in [0.717, 1.165) is 22.0 Å². The topological polar surface area (TPSA) is 92.7 Å². The molecule has 0 spiro atoms. The lowest BCUT2D eigenvalue weighted by Crippen LogP contribution is -2.09. The van der Waals surface area contributed by atoms with Gasteiger partial charge in [-0.05, 0) is 30.3 Å². The van der Waals surface area contributed by atoms with Crippen LogP contribution in [-0.4, -0.2) is 32.9 Å². The highest BCUT2D eigenvalue weighted by atomic mass is 32.1. The van der Waals surface area contributed by atoms with Crippen LogP contribution in [0, 0.1) is 0 Å². The highest BCUT2D eigenvalue weighted by molar-refractivity contribution is 7.17. The van der Waals surface area contributed by atoms with E-state index < -0.39 is 0 Å². The molecular weight excluding hydrogens is 380 g/mol. The number of carbonyl (C=O) groups is 1. The molecule has 0 aliphatic carbocycles. The number of anilines is 2. The number of thiazole rings is 1. The number of carbonyl (C=O) groups excluding carboxylic acids is 1. The van der Waals surface area contributed by atoms with Crippen LogP contribution in [0.5, 0.6) is 0 Å². The van der Waals surface area contributed by atoms with Crippen molar-refractivity contribution in [1.82, 2.24) is 19.9 Å². The molecule has 4 aromatic rings. The number of nitrogens with one attached hydrogen (secondary N) is 2. The number of nitrogens with zero attached hydrogens (tertiary/aromatic N) is 4. The van der Waals surface area contributed by atoms with E-state index in [0.29, 0.717) is 16.0 Å². The maximum Gasteiger partial charge on any atom is 0.267 e. The first kappa shape index (κ1) is 17.3. The lowest BCUT2D eigenvalue weighted by Gasteiger charge is -2.00. The van der Waals surface area contributed by atoms with Crippen LogP contribution in [0.3, 0.4) is 0 Å². The first-order chi connectivity index (χ1) is 13.2. The third-order valence-corrected chi connectivity index (χ3v) is 5.48. The van der Waals surface area contributed by atoms with Crippen molar-refractivity contribution in [3.63, 3.8) is 0 Å². The van der Waals surface area contributed by atoms with E-state index in [-0.39, 0.29) is 5.91 Å². The monoisotopic (exact) mass is 394 g/mol. The van der Waals surface area contributed by atoms with Gasteiger partial charge in [-0.15, -0.1) is 22.7 Å². The normalized spacial score (nSPS) is 10.6. The molecule has 27 heavy (non-hydrogen) atoms. The van der Waals surface area contributed by atoms with Gasteiger partial charge in [-0.2, -0.15) is 0 Å². The largest absolute Gasteiger partial charge is 0.357 e. The van der Waals surface area contributed by atoms with E-state index in [9.17, 15) is 4.79 Å². The fourth-order valence-corrected chi connectivity index (χ4v) is 3.91. The summed E-state index contributed by atoms with van der Waals surface area (Å²) in [5, 5.41) is 8.16. The Kier molecular flexibility index (Phi) is 4.86. The molecule has 0 bridgehead atoms. The number of hydrogen-bond acceptors (Lipinski definition) is 8. The van der Waals surface area contributed by atoms with E-state index in [1.54, 1.807) is 25.5 Å². The van der Waals surface area contributed by atoms with Crippen molar-refractivity contribution in [2.75, 3.05) is 17.7 Å². The Morgan fingerprint density at radius 3 is 2.70 bits per heavy atom. The van der Waals surface area contributed by atoms with Gasteiger partial charge in [0.15, 0.2) is 5.13 Å². The lowest BCUT2D eigenvalue weighted by molar-refractivity contribution is 0.103. The van der Waals surface area contributed by atoms with E-state index >= 15 is 0 Å². The van der Waals surface area contributed by atoms with Gasteiger partial charge in [0.1, 0.15) is 5.69 Å². The maximum absolute atomic E-state index is 12.5. The molecule has 0 aliphatic rings. The van der Waals surface area contributed by atoms with E-state index in [1.807, 2.05) is 35.7 Å². The Morgan fingerprint density at radius 1 is 0.963 bits per heavy atom. The standard InChI is InChI=1S/C18H14N6OS2/c1-19-17-21-9-7-12(22-17)14-5-6-15(27-14)16(25)24-18-23-13(10-26-18)11-4-2-3-8-20-11/h2-10H,1H3,(H,19,21,22)(H,23,24,25). The minimum Gasteiger partial charge on any atom is -0.357 e. The molecule has 134 valence electrons. The molecular formula is C18H14N6OS2. The van der Waals surface area contributed by atoms with Gasteiger partial charge in [0.05, 0.1) is 21.1 Å². The Labute approximate surface area is 163 Å². The third-order valence-electron chi connectivity index (χ3n) is 3.61. The molecule has 1 amide bonds. The van der Waals surface area contributed by atoms with Crippen LogP contribution >= 0.6 is 22.7 Å². The fourth-order valence-electron chi connectivity index (χ4n) is 2.34. The van der Waals surface area contributed by atoms with Gasteiger partial charge >= 0.3 is 0 Å². The van der Waals surface area contributed by atoms with Crippen molar-refractivity contribution in [2.45, 2.75) is 0 Å². The molecule has 2 N–H and O–H groups in total. The lowest BCUT2D eigenvalue weighted by atomic mass is 10.3. The highest BCUT2D eigenvalue weighted by Gasteiger charge is 2.14. The molecule has 0 unspecified atom stereocenters. The summed E-state index contributed by atoms with van der Waals surface area (Å²) >= 11 is 2.74. The summed E-state index contributed by atoms with van der Waals surface area (Å²) in [4.78, 5) is 31.2. The molecule has 0 saturated carbocycles. The van der Waals surface area contributed by atoms with Crippen molar-refractivity contribution in [3.05, 3.63) is 59.0 Å². The molecule has 0 fully saturated rings. The second kappa shape index (κ2) is 7.60.